The second kappa shape index (κ2) is 6.50. The van der Waals surface area contributed by atoms with Gasteiger partial charge in [-0.3, -0.25) is 0 Å². The topological polar surface area (TPSA) is 42.3 Å². The highest BCUT2D eigenvalue weighted by Gasteiger charge is 2.30. The lowest BCUT2D eigenvalue weighted by molar-refractivity contribution is 0.261. The summed E-state index contributed by atoms with van der Waals surface area (Å²) >= 11 is 5.88. The zero-order valence-corrected chi connectivity index (χ0v) is 13.8. The molecule has 114 valence electrons. The Morgan fingerprint density at radius 1 is 1.40 bits per heavy atom. The number of piperidine rings is 1. The minimum atomic E-state index is -3.37. The molecule has 20 heavy (non-hydrogen) atoms. The van der Waals surface area contributed by atoms with Crippen molar-refractivity contribution in [1.82, 2.24) is 8.87 Å². The maximum absolute atomic E-state index is 12.7. The smallest absolute Gasteiger partial charge is 0.244 e. The van der Waals surface area contributed by atoms with Crippen molar-refractivity contribution in [3.05, 3.63) is 18.0 Å². The fourth-order valence-corrected chi connectivity index (χ4v) is 4.65. The number of rotatable bonds is 5. The molecule has 0 radical (unpaired) electrons. The Hall–Kier alpha value is -0.520. The lowest BCUT2D eigenvalue weighted by Crippen LogP contribution is -2.39. The predicted molar refractivity (Wildman–Crippen MR) is 81.4 cm³/mol. The van der Waals surface area contributed by atoms with Gasteiger partial charge in [0, 0.05) is 31.5 Å². The molecule has 6 heteroatoms. The fraction of sp³-hybridized carbons (Fsp3) is 0.714. The fourth-order valence-electron chi connectivity index (χ4n) is 2.80. The molecule has 4 nitrogen and oxygen atoms in total. The van der Waals surface area contributed by atoms with Gasteiger partial charge in [-0.15, -0.1) is 11.6 Å². The lowest BCUT2D eigenvalue weighted by atomic mass is 9.97. The Labute approximate surface area is 126 Å². The van der Waals surface area contributed by atoms with Crippen molar-refractivity contribution in [1.29, 1.82) is 0 Å². The SMILES string of the molecule is CCC1CCCN(S(=O)(=O)c2cc(CCl)n(CC)c2)C1. The summed E-state index contributed by atoms with van der Waals surface area (Å²) in [7, 11) is -3.37. The van der Waals surface area contributed by atoms with E-state index >= 15 is 0 Å². The van der Waals surface area contributed by atoms with Gasteiger partial charge in [0.15, 0.2) is 0 Å². The summed E-state index contributed by atoms with van der Waals surface area (Å²) in [6.45, 7) is 6.12. The third-order valence-corrected chi connectivity index (χ3v) is 6.24. The van der Waals surface area contributed by atoms with Crippen LogP contribution in [0.1, 0.15) is 38.8 Å². The summed E-state index contributed by atoms with van der Waals surface area (Å²) in [4.78, 5) is 0.381. The molecule has 1 saturated heterocycles. The minimum Gasteiger partial charge on any atom is -0.349 e. The zero-order valence-electron chi connectivity index (χ0n) is 12.2. The summed E-state index contributed by atoms with van der Waals surface area (Å²) in [5.41, 5.74) is 0.858. The summed E-state index contributed by atoms with van der Waals surface area (Å²) in [6, 6.07) is 1.71. The van der Waals surface area contributed by atoms with E-state index in [4.69, 9.17) is 11.6 Å². The van der Waals surface area contributed by atoms with Gasteiger partial charge in [-0.25, -0.2) is 8.42 Å². The number of alkyl halides is 1. The molecule has 0 aliphatic carbocycles. The first kappa shape index (κ1) is 15.9. The Balaban J connectivity index is 2.27. The van der Waals surface area contributed by atoms with Crippen LogP contribution in [0, 0.1) is 5.92 Å². The van der Waals surface area contributed by atoms with E-state index in [0.29, 0.717) is 29.8 Å². The van der Waals surface area contributed by atoms with Gasteiger partial charge in [-0.2, -0.15) is 4.31 Å². The van der Waals surface area contributed by atoms with E-state index < -0.39 is 10.0 Å². The van der Waals surface area contributed by atoms with Crippen LogP contribution in [0.15, 0.2) is 17.2 Å². The van der Waals surface area contributed by atoms with Gasteiger partial charge in [-0.05, 0) is 31.7 Å². The van der Waals surface area contributed by atoms with Crippen molar-refractivity contribution < 1.29 is 8.42 Å². The first-order valence-corrected chi connectivity index (χ1v) is 9.25. The Morgan fingerprint density at radius 2 is 2.15 bits per heavy atom. The summed E-state index contributed by atoms with van der Waals surface area (Å²) < 4.78 is 29.0. The number of hydrogen-bond donors (Lipinski definition) is 0. The summed E-state index contributed by atoms with van der Waals surface area (Å²) in [5.74, 6) is 0.820. The lowest BCUT2D eigenvalue weighted by Gasteiger charge is -2.31. The van der Waals surface area contributed by atoms with Crippen LogP contribution < -0.4 is 0 Å². The van der Waals surface area contributed by atoms with E-state index in [2.05, 4.69) is 6.92 Å². The van der Waals surface area contributed by atoms with Gasteiger partial charge in [0.2, 0.25) is 10.0 Å². The molecule has 1 aliphatic rings. The van der Waals surface area contributed by atoms with E-state index in [1.54, 1.807) is 16.6 Å². The van der Waals surface area contributed by atoms with Crippen LogP contribution in [0.2, 0.25) is 0 Å². The maximum atomic E-state index is 12.7. The van der Waals surface area contributed by atoms with E-state index in [9.17, 15) is 8.42 Å². The average Bonchev–Trinajstić information content (AvgIpc) is 2.91. The van der Waals surface area contributed by atoms with Crippen molar-refractivity contribution in [2.24, 2.45) is 5.92 Å². The number of aromatic nitrogens is 1. The standard InChI is InChI=1S/C14H23ClN2O2S/c1-3-12-6-5-7-17(10-12)20(18,19)14-8-13(9-15)16(4-2)11-14/h8,11-12H,3-7,9-10H2,1-2H3. The first-order valence-electron chi connectivity index (χ1n) is 7.28. The molecular formula is C14H23ClN2O2S. The summed E-state index contributed by atoms with van der Waals surface area (Å²) in [5, 5.41) is 0. The van der Waals surface area contributed by atoms with Gasteiger partial charge >= 0.3 is 0 Å². The quantitative estimate of drug-likeness (QED) is 0.783. The molecule has 1 unspecified atom stereocenters. The molecule has 0 bridgehead atoms. The number of nitrogens with zero attached hydrogens (tertiary/aromatic N) is 2. The highest BCUT2D eigenvalue weighted by molar-refractivity contribution is 7.89. The van der Waals surface area contributed by atoms with Crippen LogP contribution in [0.5, 0.6) is 0 Å². The molecular weight excluding hydrogens is 296 g/mol. The molecule has 0 spiro atoms. The summed E-state index contributed by atoms with van der Waals surface area (Å²) in [6.07, 6.45) is 4.83. The monoisotopic (exact) mass is 318 g/mol. The number of sulfonamides is 1. The van der Waals surface area contributed by atoms with Crippen LogP contribution in [-0.2, 0) is 22.4 Å². The normalized spacial score (nSPS) is 21.2. The number of aryl methyl sites for hydroxylation is 1. The van der Waals surface area contributed by atoms with Crippen LogP contribution >= 0.6 is 11.6 Å². The molecule has 1 aliphatic heterocycles. The van der Waals surface area contributed by atoms with Crippen LogP contribution in [0.25, 0.3) is 0 Å². The predicted octanol–water partition coefficient (Wildman–Crippen LogP) is 3.06. The highest BCUT2D eigenvalue weighted by atomic mass is 35.5. The van der Waals surface area contributed by atoms with Crippen molar-refractivity contribution in [3.8, 4) is 0 Å². The second-order valence-corrected chi connectivity index (χ2v) is 7.57. The number of hydrogen-bond acceptors (Lipinski definition) is 2. The van der Waals surface area contributed by atoms with Crippen molar-refractivity contribution in [2.45, 2.75) is 50.4 Å². The molecule has 0 N–H and O–H groups in total. The van der Waals surface area contributed by atoms with Crippen LogP contribution in [0.4, 0.5) is 0 Å². The number of halogens is 1. The Morgan fingerprint density at radius 3 is 2.70 bits per heavy atom. The maximum Gasteiger partial charge on any atom is 0.244 e. The largest absolute Gasteiger partial charge is 0.349 e. The van der Waals surface area contributed by atoms with Crippen molar-refractivity contribution >= 4 is 21.6 Å². The molecule has 1 aromatic rings. The first-order chi connectivity index (χ1) is 9.52. The molecule has 1 aromatic heterocycles. The molecule has 2 heterocycles. The van der Waals surface area contributed by atoms with E-state index in [1.807, 2.05) is 11.5 Å². The molecule has 1 atom stereocenters. The zero-order chi connectivity index (χ0) is 14.8. The molecule has 0 aromatic carbocycles. The van der Waals surface area contributed by atoms with E-state index in [-0.39, 0.29) is 0 Å². The average molecular weight is 319 g/mol. The van der Waals surface area contributed by atoms with Gasteiger partial charge in [0.05, 0.1) is 5.88 Å². The van der Waals surface area contributed by atoms with Crippen LogP contribution in [0.3, 0.4) is 0 Å². The Bertz CT molecular complexity index is 532. The van der Waals surface area contributed by atoms with E-state index in [0.717, 1.165) is 31.5 Å². The van der Waals surface area contributed by atoms with Gasteiger partial charge in [0.25, 0.3) is 0 Å². The third-order valence-electron chi connectivity index (χ3n) is 4.14. The Kier molecular flexibility index (Phi) is 5.15. The van der Waals surface area contributed by atoms with Gasteiger partial charge < -0.3 is 4.57 Å². The van der Waals surface area contributed by atoms with Gasteiger partial charge in [-0.1, -0.05) is 13.3 Å². The highest BCUT2D eigenvalue weighted by Crippen LogP contribution is 2.26. The van der Waals surface area contributed by atoms with Crippen molar-refractivity contribution in [3.63, 3.8) is 0 Å². The van der Waals surface area contributed by atoms with Crippen molar-refractivity contribution in [2.75, 3.05) is 13.1 Å². The van der Waals surface area contributed by atoms with Gasteiger partial charge in [0.1, 0.15) is 4.90 Å². The molecule has 1 fully saturated rings. The molecule has 0 amide bonds. The van der Waals surface area contributed by atoms with Crippen LogP contribution in [-0.4, -0.2) is 30.4 Å². The third kappa shape index (κ3) is 3.05. The minimum absolute atomic E-state index is 0.334. The molecule has 0 saturated carbocycles. The molecule has 2 rings (SSSR count). The second-order valence-electron chi connectivity index (χ2n) is 5.37. The van der Waals surface area contributed by atoms with E-state index in [1.165, 1.54) is 0 Å².